The number of nitrogen functional groups attached to an aromatic ring is 2. The van der Waals surface area contributed by atoms with Crippen LogP contribution in [0.1, 0.15) is 64.2 Å². The highest BCUT2D eigenvalue weighted by Gasteiger charge is 2.08. The Bertz CT molecular complexity index is 1240. The molecule has 4 rings (SSSR count). The fourth-order valence-corrected chi connectivity index (χ4v) is 5.09. The van der Waals surface area contributed by atoms with Gasteiger partial charge in [0.15, 0.2) is 0 Å². The summed E-state index contributed by atoms with van der Waals surface area (Å²) in [5.74, 6) is 1.69. The SMILES string of the molecule is Nc1cc(-c2ccccc2)cc[n+]1CCCCCCCCCCCC[n+]1cc(-c2ccccc2)ccc1N. The van der Waals surface area contributed by atoms with Crippen molar-refractivity contribution in [1.29, 1.82) is 0 Å². The van der Waals surface area contributed by atoms with Crippen molar-refractivity contribution in [2.45, 2.75) is 77.3 Å². The van der Waals surface area contributed by atoms with E-state index in [2.05, 4.69) is 94.3 Å². The smallest absolute Gasteiger partial charge is 0.272 e. The normalized spacial score (nSPS) is 11.1. The Morgan fingerprint density at radius 1 is 0.421 bits per heavy atom. The highest BCUT2D eigenvalue weighted by atomic mass is 15.0. The first-order valence-corrected chi connectivity index (χ1v) is 14.4. The average molecular weight is 509 g/mol. The minimum absolute atomic E-state index is 0.843. The van der Waals surface area contributed by atoms with Crippen LogP contribution in [-0.2, 0) is 13.1 Å². The number of aromatic nitrogens is 2. The van der Waals surface area contributed by atoms with Gasteiger partial charge in [0.2, 0.25) is 0 Å². The lowest BCUT2D eigenvalue weighted by atomic mass is 10.1. The van der Waals surface area contributed by atoms with Crippen LogP contribution in [0.2, 0.25) is 0 Å². The molecule has 4 nitrogen and oxygen atoms in total. The second-order valence-electron chi connectivity index (χ2n) is 10.3. The van der Waals surface area contributed by atoms with Crippen LogP contribution >= 0.6 is 0 Å². The van der Waals surface area contributed by atoms with Crippen molar-refractivity contribution >= 4 is 11.6 Å². The second kappa shape index (κ2) is 14.9. The van der Waals surface area contributed by atoms with Crippen molar-refractivity contribution in [3.63, 3.8) is 0 Å². The Labute approximate surface area is 229 Å². The van der Waals surface area contributed by atoms with E-state index in [0.29, 0.717) is 0 Å². The van der Waals surface area contributed by atoms with E-state index >= 15 is 0 Å². The molecule has 0 fully saturated rings. The fourth-order valence-electron chi connectivity index (χ4n) is 5.09. The number of unbranched alkanes of at least 4 members (excludes halogenated alkanes) is 9. The third kappa shape index (κ3) is 8.44. The second-order valence-corrected chi connectivity index (χ2v) is 10.3. The molecule has 0 bridgehead atoms. The van der Waals surface area contributed by atoms with E-state index in [1.807, 2.05) is 12.1 Å². The molecule has 4 aromatic rings. The molecule has 0 aliphatic rings. The molecular weight excluding hydrogens is 464 g/mol. The van der Waals surface area contributed by atoms with Gasteiger partial charge in [-0.05, 0) is 54.5 Å². The molecule has 2 aromatic carbocycles. The van der Waals surface area contributed by atoms with Crippen LogP contribution < -0.4 is 20.6 Å². The van der Waals surface area contributed by atoms with E-state index < -0.39 is 0 Å². The number of benzene rings is 2. The van der Waals surface area contributed by atoms with Gasteiger partial charge < -0.3 is 0 Å². The van der Waals surface area contributed by atoms with Gasteiger partial charge in [-0.1, -0.05) is 99.2 Å². The number of nitrogens with zero attached hydrogens (tertiary/aromatic N) is 2. The van der Waals surface area contributed by atoms with Crippen molar-refractivity contribution in [1.82, 2.24) is 0 Å². The third-order valence-electron chi connectivity index (χ3n) is 7.39. The third-order valence-corrected chi connectivity index (χ3v) is 7.39. The largest absolute Gasteiger partial charge is 0.287 e. The topological polar surface area (TPSA) is 59.8 Å². The van der Waals surface area contributed by atoms with Crippen molar-refractivity contribution in [3.8, 4) is 22.3 Å². The predicted molar refractivity (Wildman–Crippen MR) is 159 cm³/mol. The van der Waals surface area contributed by atoms with Gasteiger partial charge in [0.25, 0.3) is 11.6 Å². The van der Waals surface area contributed by atoms with Crippen LogP contribution in [-0.4, -0.2) is 0 Å². The Morgan fingerprint density at radius 2 is 0.921 bits per heavy atom. The summed E-state index contributed by atoms with van der Waals surface area (Å²) in [6, 6.07) is 29.3. The molecule has 38 heavy (non-hydrogen) atoms. The summed E-state index contributed by atoms with van der Waals surface area (Å²) in [7, 11) is 0. The van der Waals surface area contributed by atoms with Gasteiger partial charge in [-0.25, -0.2) is 9.13 Å². The maximum absolute atomic E-state index is 6.32. The first-order chi connectivity index (χ1) is 18.7. The van der Waals surface area contributed by atoms with Gasteiger partial charge in [0.05, 0.1) is 25.5 Å². The van der Waals surface area contributed by atoms with Crippen LogP contribution in [0.4, 0.5) is 11.6 Å². The highest BCUT2D eigenvalue weighted by molar-refractivity contribution is 5.64. The molecule has 0 unspecified atom stereocenters. The summed E-state index contributed by atoms with van der Waals surface area (Å²) in [6.07, 6.45) is 17.2. The molecule has 198 valence electrons. The molecule has 2 aromatic heterocycles. The molecule has 2 heterocycles. The van der Waals surface area contributed by atoms with Crippen molar-refractivity contribution in [2.24, 2.45) is 0 Å². The zero-order valence-corrected chi connectivity index (χ0v) is 22.8. The number of anilines is 2. The number of hydrogen-bond donors (Lipinski definition) is 2. The van der Waals surface area contributed by atoms with Gasteiger partial charge in [-0.3, -0.25) is 11.5 Å². The van der Waals surface area contributed by atoms with E-state index in [-0.39, 0.29) is 0 Å². The quantitative estimate of drug-likeness (QED) is 0.130. The van der Waals surface area contributed by atoms with Crippen LogP contribution in [0.25, 0.3) is 22.3 Å². The number of aryl methyl sites for hydroxylation is 2. The lowest BCUT2D eigenvalue weighted by Gasteiger charge is -2.07. The van der Waals surface area contributed by atoms with Crippen molar-refractivity contribution in [2.75, 3.05) is 11.5 Å². The summed E-state index contributed by atoms with van der Waals surface area (Å²) < 4.78 is 4.38. The molecule has 4 heteroatoms. The lowest BCUT2D eigenvalue weighted by Crippen LogP contribution is -2.37. The number of nitrogens with two attached hydrogens (primary N) is 2. The van der Waals surface area contributed by atoms with Gasteiger partial charge in [-0.15, -0.1) is 0 Å². The Balaban J connectivity index is 1.03. The zero-order chi connectivity index (χ0) is 26.4. The average Bonchev–Trinajstić information content (AvgIpc) is 2.96. The van der Waals surface area contributed by atoms with E-state index in [1.165, 1.54) is 86.5 Å². The summed E-state index contributed by atoms with van der Waals surface area (Å²) in [6.45, 7) is 1.99. The summed E-state index contributed by atoms with van der Waals surface area (Å²) in [4.78, 5) is 0. The van der Waals surface area contributed by atoms with Crippen LogP contribution in [0.15, 0.2) is 97.3 Å². The molecule has 0 spiro atoms. The highest BCUT2D eigenvalue weighted by Crippen LogP contribution is 2.20. The molecule has 0 radical (unpaired) electrons. The van der Waals surface area contributed by atoms with Crippen LogP contribution in [0, 0.1) is 0 Å². The van der Waals surface area contributed by atoms with Crippen molar-refractivity contribution in [3.05, 3.63) is 97.3 Å². The standard InChI is InChI=1S/C34H42N4/c35-33-22-21-32(30-19-13-10-14-20-30)28-38(33)25-16-8-6-4-2-1-3-5-7-15-24-37-26-23-31(27-34(37)36)29-17-11-9-12-18-29/h9-14,17-23,26-28,35-36H,1-8,15-16,24-25H2/p+2. The fraction of sp³-hybridized carbons (Fsp3) is 0.353. The van der Waals surface area contributed by atoms with Gasteiger partial charge in [0, 0.05) is 17.7 Å². The summed E-state index contributed by atoms with van der Waals surface area (Å²) in [5, 5.41) is 0. The number of hydrogen-bond acceptors (Lipinski definition) is 2. The minimum atomic E-state index is 0.843. The van der Waals surface area contributed by atoms with Gasteiger partial charge in [0.1, 0.15) is 0 Å². The van der Waals surface area contributed by atoms with E-state index in [1.54, 1.807) is 0 Å². The maximum atomic E-state index is 6.32. The Hall–Kier alpha value is -3.66. The van der Waals surface area contributed by atoms with Crippen LogP contribution in [0.3, 0.4) is 0 Å². The van der Waals surface area contributed by atoms with E-state index in [0.717, 1.165) is 24.7 Å². The van der Waals surface area contributed by atoms with Gasteiger partial charge >= 0.3 is 0 Å². The molecule has 0 saturated carbocycles. The first kappa shape index (κ1) is 27.4. The number of rotatable bonds is 15. The van der Waals surface area contributed by atoms with Crippen molar-refractivity contribution < 1.29 is 9.13 Å². The monoisotopic (exact) mass is 508 g/mol. The van der Waals surface area contributed by atoms with E-state index in [4.69, 9.17) is 11.5 Å². The molecule has 0 aliphatic heterocycles. The molecule has 0 saturated heterocycles. The molecular formula is C34H44N4+2. The first-order valence-electron chi connectivity index (χ1n) is 14.4. The molecule has 4 N–H and O–H groups in total. The van der Waals surface area contributed by atoms with Gasteiger partial charge in [-0.2, -0.15) is 0 Å². The maximum Gasteiger partial charge on any atom is 0.272 e. The molecule has 0 aliphatic carbocycles. The zero-order valence-electron chi connectivity index (χ0n) is 22.8. The number of pyridine rings is 2. The lowest BCUT2D eigenvalue weighted by molar-refractivity contribution is -0.683. The Morgan fingerprint density at radius 3 is 1.47 bits per heavy atom. The van der Waals surface area contributed by atoms with E-state index in [9.17, 15) is 0 Å². The summed E-state index contributed by atoms with van der Waals surface area (Å²) >= 11 is 0. The molecule has 0 amide bonds. The minimum Gasteiger partial charge on any atom is -0.287 e. The molecule has 0 atom stereocenters. The predicted octanol–water partition coefficient (Wildman–Crippen LogP) is 7.36. The Kier molecular flexibility index (Phi) is 10.8. The summed E-state index contributed by atoms with van der Waals surface area (Å²) in [5.41, 5.74) is 17.4. The van der Waals surface area contributed by atoms with Crippen LogP contribution in [0.5, 0.6) is 0 Å².